The van der Waals surface area contributed by atoms with Gasteiger partial charge in [0.25, 0.3) is 0 Å². The van der Waals surface area contributed by atoms with Gasteiger partial charge in [-0.3, -0.25) is 0 Å². The molecule has 0 radical (unpaired) electrons. The summed E-state index contributed by atoms with van der Waals surface area (Å²) in [5, 5.41) is 11.0. The van der Waals surface area contributed by atoms with E-state index >= 15 is 0 Å². The van der Waals surface area contributed by atoms with Gasteiger partial charge in [-0.25, -0.2) is 4.39 Å². The Morgan fingerprint density at radius 1 is 1.25 bits per heavy atom. The van der Waals surface area contributed by atoms with Crippen LogP contribution in [0.25, 0.3) is 0 Å². The Morgan fingerprint density at radius 3 is 2.54 bits per heavy atom. The standard InChI is InChI=1S/C17H23FN4O2/c1-10-8-22(9-11(2)23-10)16-6-5-14(7-15(16)18)19-12(3)17-21-20-13(4)24-17/h5-7,10-12,19H,8-9H2,1-4H3/t10-,11+,12-/m0/s1. The molecule has 1 saturated heterocycles. The maximum absolute atomic E-state index is 14.6. The van der Waals surface area contributed by atoms with E-state index in [1.807, 2.05) is 31.7 Å². The van der Waals surface area contributed by atoms with Crippen molar-refractivity contribution in [2.45, 2.75) is 45.9 Å². The SMILES string of the molecule is Cc1nnc([C@H](C)Nc2ccc(N3C[C@@H](C)O[C@@H](C)C3)c(F)c2)o1. The molecule has 7 heteroatoms. The van der Waals surface area contributed by atoms with Crippen LogP contribution < -0.4 is 10.2 Å². The van der Waals surface area contributed by atoms with Crippen LogP contribution >= 0.6 is 0 Å². The summed E-state index contributed by atoms with van der Waals surface area (Å²) in [7, 11) is 0. The summed E-state index contributed by atoms with van der Waals surface area (Å²) in [4.78, 5) is 2.03. The Bertz CT molecular complexity index is 696. The molecule has 0 spiro atoms. The predicted octanol–water partition coefficient (Wildman–Crippen LogP) is 3.30. The molecule has 3 atom stereocenters. The first-order chi connectivity index (χ1) is 11.4. The van der Waals surface area contributed by atoms with Gasteiger partial charge in [-0.15, -0.1) is 10.2 Å². The van der Waals surface area contributed by atoms with Gasteiger partial charge in [-0.05, 0) is 39.0 Å². The second-order valence-electron chi connectivity index (χ2n) is 6.35. The molecule has 1 aromatic heterocycles. The summed E-state index contributed by atoms with van der Waals surface area (Å²) >= 11 is 0. The zero-order chi connectivity index (χ0) is 17.3. The Morgan fingerprint density at radius 2 is 1.96 bits per heavy atom. The molecule has 6 nitrogen and oxygen atoms in total. The average molecular weight is 334 g/mol. The van der Waals surface area contributed by atoms with Crippen molar-refractivity contribution in [2.75, 3.05) is 23.3 Å². The van der Waals surface area contributed by atoms with Gasteiger partial charge in [0.2, 0.25) is 11.8 Å². The first-order valence-electron chi connectivity index (χ1n) is 8.19. The Labute approximate surface area is 141 Å². The second kappa shape index (κ2) is 6.76. The molecule has 0 bridgehead atoms. The summed E-state index contributed by atoms with van der Waals surface area (Å²) in [6.45, 7) is 9.01. The van der Waals surface area contributed by atoms with Gasteiger partial charge in [0.1, 0.15) is 11.9 Å². The molecule has 2 aromatic rings. The van der Waals surface area contributed by atoms with Crippen LogP contribution in [0.3, 0.4) is 0 Å². The highest BCUT2D eigenvalue weighted by Gasteiger charge is 2.24. The quantitative estimate of drug-likeness (QED) is 0.925. The van der Waals surface area contributed by atoms with Gasteiger partial charge < -0.3 is 19.4 Å². The third-order valence-electron chi connectivity index (χ3n) is 4.00. The van der Waals surface area contributed by atoms with Crippen molar-refractivity contribution in [2.24, 2.45) is 0 Å². The van der Waals surface area contributed by atoms with E-state index in [2.05, 4.69) is 15.5 Å². The molecule has 1 aromatic carbocycles. The van der Waals surface area contributed by atoms with Gasteiger partial charge in [-0.2, -0.15) is 0 Å². The van der Waals surface area contributed by atoms with Crippen LogP contribution in [0.1, 0.15) is 38.6 Å². The minimum Gasteiger partial charge on any atom is -0.423 e. The number of nitrogens with zero attached hydrogens (tertiary/aromatic N) is 3. The first-order valence-corrected chi connectivity index (χ1v) is 8.19. The van der Waals surface area contributed by atoms with Crippen LogP contribution in [-0.4, -0.2) is 35.5 Å². The van der Waals surface area contributed by atoms with Crippen LogP contribution in [0, 0.1) is 12.7 Å². The first kappa shape index (κ1) is 16.7. The molecule has 1 aliphatic heterocycles. The molecule has 0 saturated carbocycles. The number of aromatic nitrogens is 2. The zero-order valence-electron chi connectivity index (χ0n) is 14.4. The highest BCUT2D eigenvalue weighted by Crippen LogP contribution is 2.27. The average Bonchev–Trinajstić information content (AvgIpc) is 2.93. The largest absolute Gasteiger partial charge is 0.423 e. The van der Waals surface area contributed by atoms with Gasteiger partial charge in [0.15, 0.2) is 0 Å². The normalized spacial score (nSPS) is 22.5. The van der Waals surface area contributed by atoms with Gasteiger partial charge in [0, 0.05) is 25.7 Å². The van der Waals surface area contributed by atoms with E-state index in [9.17, 15) is 4.39 Å². The number of aryl methyl sites for hydroxylation is 1. The lowest BCUT2D eigenvalue weighted by molar-refractivity contribution is -0.00539. The summed E-state index contributed by atoms with van der Waals surface area (Å²) in [6.07, 6.45) is 0.179. The van der Waals surface area contributed by atoms with Crippen LogP contribution in [0.15, 0.2) is 22.6 Å². The molecule has 2 heterocycles. The van der Waals surface area contributed by atoms with Gasteiger partial charge in [0.05, 0.1) is 17.9 Å². The highest BCUT2D eigenvalue weighted by atomic mass is 19.1. The van der Waals surface area contributed by atoms with Crippen molar-refractivity contribution < 1.29 is 13.5 Å². The molecule has 0 unspecified atom stereocenters. The van der Waals surface area contributed by atoms with E-state index in [4.69, 9.17) is 9.15 Å². The lowest BCUT2D eigenvalue weighted by Crippen LogP contribution is -2.45. The van der Waals surface area contributed by atoms with Crippen molar-refractivity contribution in [3.8, 4) is 0 Å². The number of halogens is 1. The maximum Gasteiger partial charge on any atom is 0.238 e. The molecule has 1 fully saturated rings. The maximum atomic E-state index is 14.6. The summed E-state index contributed by atoms with van der Waals surface area (Å²) in [5.74, 6) is 0.735. The van der Waals surface area contributed by atoms with Crippen LogP contribution in [0.2, 0.25) is 0 Å². The molecule has 130 valence electrons. The molecular weight excluding hydrogens is 311 g/mol. The lowest BCUT2D eigenvalue weighted by atomic mass is 10.1. The fourth-order valence-corrected chi connectivity index (χ4v) is 3.03. The van der Waals surface area contributed by atoms with E-state index in [0.717, 1.165) is 0 Å². The van der Waals surface area contributed by atoms with Crippen molar-refractivity contribution in [1.82, 2.24) is 10.2 Å². The monoisotopic (exact) mass is 334 g/mol. The van der Waals surface area contributed by atoms with Crippen LogP contribution in [0.4, 0.5) is 15.8 Å². The number of anilines is 2. The minimum atomic E-state index is -0.254. The third kappa shape index (κ3) is 3.67. The number of benzene rings is 1. The van der Waals surface area contributed by atoms with Gasteiger partial charge in [-0.1, -0.05) is 0 Å². The smallest absolute Gasteiger partial charge is 0.238 e. The summed E-state index contributed by atoms with van der Waals surface area (Å²) < 4.78 is 25.7. The van der Waals surface area contributed by atoms with Gasteiger partial charge >= 0.3 is 0 Å². The fraction of sp³-hybridized carbons (Fsp3) is 0.529. The highest BCUT2D eigenvalue weighted by molar-refractivity contribution is 5.57. The van der Waals surface area contributed by atoms with Crippen LogP contribution in [0.5, 0.6) is 0 Å². The predicted molar refractivity (Wildman–Crippen MR) is 89.7 cm³/mol. The summed E-state index contributed by atoms with van der Waals surface area (Å²) in [6, 6.07) is 4.97. The third-order valence-corrected chi connectivity index (χ3v) is 4.00. The number of rotatable bonds is 4. The van der Waals surface area contributed by atoms with E-state index in [1.165, 1.54) is 6.07 Å². The summed E-state index contributed by atoms with van der Waals surface area (Å²) in [5.41, 5.74) is 1.28. The Kier molecular flexibility index (Phi) is 4.71. The van der Waals surface area contributed by atoms with Crippen molar-refractivity contribution >= 4 is 11.4 Å². The van der Waals surface area contributed by atoms with Crippen molar-refractivity contribution in [3.63, 3.8) is 0 Å². The second-order valence-corrected chi connectivity index (χ2v) is 6.35. The molecule has 0 amide bonds. The molecule has 3 rings (SSSR count). The van der Waals surface area contributed by atoms with E-state index in [0.29, 0.717) is 36.2 Å². The Balaban J connectivity index is 1.72. The molecular formula is C17H23FN4O2. The van der Waals surface area contributed by atoms with Crippen molar-refractivity contribution in [1.29, 1.82) is 0 Å². The number of ether oxygens (including phenoxy) is 1. The molecule has 1 N–H and O–H groups in total. The Hall–Kier alpha value is -2.15. The number of nitrogens with one attached hydrogen (secondary N) is 1. The fourth-order valence-electron chi connectivity index (χ4n) is 3.03. The molecule has 24 heavy (non-hydrogen) atoms. The van der Waals surface area contributed by atoms with Crippen molar-refractivity contribution in [3.05, 3.63) is 35.8 Å². The molecule has 1 aliphatic rings. The lowest BCUT2D eigenvalue weighted by Gasteiger charge is -2.37. The van der Waals surface area contributed by atoms with E-state index in [1.54, 1.807) is 13.0 Å². The number of hydrogen-bond donors (Lipinski definition) is 1. The van der Waals surface area contributed by atoms with E-state index in [-0.39, 0.29) is 24.1 Å². The van der Waals surface area contributed by atoms with Crippen LogP contribution in [-0.2, 0) is 4.74 Å². The minimum absolute atomic E-state index is 0.0896. The molecule has 0 aliphatic carbocycles. The topological polar surface area (TPSA) is 63.4 Å². The number of hydrogen-bond acceptors (Lipinski definition) is 6. The number of morpholine rings is 1. The van der Waals surface area contributed by atoms with E-state index < -0.39 is 0 Å². The zero-order valence-corrected chi connectivity index (χ0v) is 14.4.